The van der Waals surface area contributed by atoms with Crippen LogP contribution in [0.5, 0.6) is 0 Å². The number of hydrogen-bond donors (Lipinski definition) is 0. The van der Waals surface area contributed by atoms with Crippen molar-refractivity contribution in [1.82, 2.24) is 25.0 Å². The average Bonchev–Trinajstić information content (AvgIpc) is 3.37. The van der Waals surface area contributed by atoms with Crippen LogP contribution in [0.15, 0.2) is 51.7 Å². The van der Waals surface area contributed by atoms with Gasteiger partial charge in [-0.2, -0.15) is 5.26 Å². The summed E-state index contributed by atoms with van der Waals surface area (Å²) in [5.74, 6) is 0.0406. The molecule has 0 radical (unpaired) electrons. The monoisotopic (exact) mass is 581 g/mol. The molecule has 38 heavy (non-hydrogen) atoms. The molecule has 4 aromatic rings. The molecular weight excluding hydrogens is 556 g/mol. The number of nitriles is 1. The third-order valence-electron chi connectivity index (χ3n) is 5.56. The minimum atomic E-state index is -4.21. The van der Waals surface area contributed by atoms with E-state index >= 15 is 0 Å². The van der Waals surface area contributed by atoms with Crippen molar-refractivity contribution >= 4 is 38.2 Å². The van der Waals surface area contributed by atoms with Crippen LogP contribution < -0.4 is 5.10 Å². The predicted molar refractivity (Wildman–Crippen MR) is 139 cm³/mol. The van der Waals surface area contributed by atoms with E-state index in [4.69, 9.17) is 0 Å². The van der Waals surface area contributed by atoms with E-state index in [0.717, 1.165) is 0 Å². The van der Waals surface area contributed by atoms with Gasteiger partial charge >= 0.3 is 19.5 Å². The van der Waals surface area contributed by atoms with Gasteiger partial charge in [-0.15, -0.1) is 0 Å². The molecule has 0 N–H and O–H groups in total. The minimum Gasteiger partial charge on any atom is -0.377 e. The van der Waals surface area contributed by atoms with Gasteiger partial charge in [0.05, 0.1) is 33.1 Å². The number of hydrogen-bond acceptors (Lipinski definition) is 8. The van der Waals surface area contributed by atoms with Crippen molar-refractivity contribution in [2.24, 2.45) is 17.3 Å². The maximum Gasteiger partial charge on any atom is 2.00 e. The Kier molecular flexibility index (Phi) is 7.92. The number of pyridine rings is 1. The third kappa shape index (κ3) is 5.52. The van der Waals surface area contributed by atoms with Gasteiger partial charge in [-0.05, 0) is 30.8 Å². The molecule has 0 aliphatic heterocycles. The van der Waals surface area contributed by atoms with E-state index in [0.29, 0.717) is 22.3 Å². The molecule has 0 unspecified atom stereocenters. The van der Waals surface area contributed by atoms with Crippen molar-refractivity contribution in [2.45, 2.75) is 57.3 Å². The molecule has 0 spiro atoms. The molecule has 3 heterocycles. The molecule has 0 atom stereocenters. The van der Waals surface area contributed by atoms with Crippen LogP contribution in [0.2, 0.25) is 0 Å². The first kappa shape index (κ1) is 29.1. The van der Waals surface area contributed by atoms with E-state index in [9.17, 15) is 13.7 Å². The van der Waals surface area contributed by atoms with Crippen LogP contribution in [-0.4, -0.2) is 28.3 Å². The van der Waals surface area contributed by atoms with Gasteiger partial charge in [-0.1, -0.05) is 59.7 Å². The number of aromatic nitrogens is 5. The number of para-hydroxylation sites is 1. The standard InChI is InChI=1S/C25H27N9O2S.Zn/c1-24(2,3)20-16(14-26)22(31-29-20)30-28-19-21(25(4,5)6)32-34(7)23(19)33-37(35,36)17-12-8-10-15-11-9-13-27-18(15)17;/h8-13H,1-7H3;/q-2;+2. The van der Waals surface area contributed by atoms with Crippen LogP contribution in [0, 0.1) is 11.3 Å². The van der Waals surface area contributed by atoms with E-state index in [1.165, 1.54) is 16.9 Å². The second-order valence-corrected chi connectivity index (χ2v) is 12.2. The number of fused-ring (bicyclic) bond motifs is 1. The number of benzene rings is 1. The van der Waals surface area contributed by atoms with Gasteiger partial charge in [0, 0.05) is 22.4 Å². The molecule has 4 rings (SSSR count). The minimum absolute atomic E-state index is 0. The number of rotatable bonds is 5. The fourth-order valence-electron chi connectivity index (χ4n) is 3.75. The number of nitrogens with zero attached hydrogens (tertiary/aromatic N) is 9. The summed E-state index contributed by atoms with van der Waals surface area (Å²) >= 11 is 0. The molecule has 0 fully saturated rings. The van der Waals surface area contributed by atoms with Crippen molar-refractivity contribution in [1.29, 1.82) is 5.26 Å². The smallest absolute Gasteiger partial charge is 0.377 e. The Morgan fingerprint density at radius 1 is 1.03 bits per heavy atom. The molecule has 0 saturated carbocycles. The molecule has 3 aromatic heterocycles. The summed E-state index contributed by atoms with van der Waals surface area (Å²) in [4.78, 5) is 4.21. The fraction of sp³-hybridized carbons (Fsp3) is 0.360. The van der Waals surface area contributed by atoms with Crippen LogP contribution in [0.1, 0.15) is 58.5 Å². The van der Waals surface area contributed by atoms with Crippen molar-refractivity contribution in [2.75, 3.05) is 0 Å². The van der Waals surface area contributed by atoms with Gasteiger partial charge in [0.2, 0.25) is 10.0 Å². The van der Waals surface area contributed by atoms with Crippen molar-refractivity contribution in [3.05, 3.63) is 58.2 Å². The molecular formula is C25H27N9O2SZn. The van der Waals surface area contributed by atoms with E-state index in [1.54, 1.807) is 31.3 Å². The summed E-state index contributed by atoms with van der Waals surface area (Å²) in [5, 5.41) is 31.6. The third-order valence-corrected chi connectivity index (χ3v) is 6.85. The maximum absolute atomic E-state index is 13.5. The summed E-state index contributed by atoms with van der Waals surface area (Å²) in [6.45, 7) is 11.5. The van der Waals surface area contributed by atoms with Gasteiger partial charge in [0.25, 0.3) is 0 Å². The van der Waals surface area contributed by atoms with Crippen molar-refractivity contribution in [3.63, 3.8) is 0 Å². The van der Waals surface area contributed by atoms with Gasteiger partial charge in [-0.3, -0.25) is 20.3 Å². The maximum atomic E-state index is 13.5. The topological polar surface area (TPSA) is 154 Å². The molecule has 192 valence electrons. The molecule has 0 amide bonds. The second-order valence-electron chi connectivity index (χ2n) is 10.6. The Hall–Kier alpha value is -3.49. The van der Waals surface area contributed by atoms with E-state index in [-0.39, 0.29) is 47.3 Å². The molecule has 11 nitrogen and oxygen atoms in total. The van der Waals surface area contributed by atoms with Crippen LogP contribution in [0.4, 0.5) is 17.3 Å². The Labute approximate surface area is 234 Å². The van der Waals surface area contributed by atoms with E-state index in [1.807, 2.05) is 41.5 Å². The van der Waals surface area contributed by atoms with Gasteiger partial charge in [0.1, 0.15) is 6.07 Å². The molecule has 0 saturated heterocycles. The molecule has 0 aliphatic rings. The summed E-state index contributed by atoms with van der Waals surface area (Å²) in [7, 11) is -2.62. The van der Waals surface area contributed by atoms with Gasteiger partial charge < -0.3 is 19.6 Å². The van der Waals surface area contributed by atoms with Crippen molar-refractivity contribution < 1.29 is 27.9 Å². The Morgan fingerprint density at radius 2 is 1.68 bits per heavy atom. The molecule has 0 bridgehead atoms. The Balaban J connectivity index is 0.00000400. The van der Waals surface area contributed by atoms with Crippen LogP contribution in [0.3, 0.4) is 0 Å². The zero-order valence-electron chi connectivity index (χ0n) is 22.4. The second kappa shape index (κ2) is 10.3. The van der Waals surface area contributed by atoms with Crippen LogP contribution >= 0.6 is 0 Å². The first-order valence-electron chi connectivity index (χ1n) is 11.5. The average molecular weight is 583 g/mol. The van der Waals surface area contributed by atoms with Gasteiger partial charge in [-0.25, -0.2) is 8.42 Å². The zero-order valence-corrected chi connectivity index (χ0v) is 26.2. The van der Waals surface area contributed by atoms with Crippen molar-refractivity contribution in [3.8, 4) is 6.07 Å². The summed E-state index contributed by atoms with van der Waals surface area (Å²) in [5.41, 5.74) is 0.742. The van der Waals surface area contributed by atoms with Gasteiger partial charge in [0.15, 0.2) is 0 Å². The first-order valence-corrected chi connectivity index (χ1v) is 12.9. The van der Waals surface area contributed by atoms with Crippen LogP contribution in [-0.2, 0) is 47.4 Å². The Morgan fingerprint density at radius 3 is 2.32 bits per heavy atom. The Bertz CT molecular complexity index is 1660. The predicted octanol–water partition coefficient (Wildman–Crippen LogP) is 5.59. The largest absolute Gasteiger partial charge is 2.00 e. The quantitative estimate of drug-likeness (QED) is 0.219. The molecule has 1 aromatic carbocycles. The summed E-state index contributed by atoms with van der Waals surface area (Å²) < 4.78 is 32.4. The molecule has 13 heteroatoms. The van der Waals surface area contributed by atoms with E-state index in [2.05, 4.69) is 41.3 Å². The normalized spacial score (nSPS) is 12.5. The molecule has 0 aliphatic carbocycles. The zero-order chi connectivity index (χ0) is 27.2. The number of aryl methyl sites for hydroxylation is 1. The summed E-state index contributed by atoms with van der Waals surface area (Å²) in [6, 6.07) is 10.5. The fourth-order valence-corrected chi connectivity index (χ4v) is 4.95. The SMILES string of the molecule is Cn1nc(C(C)(C)C)c(N=Nc2[n-]nc(C(C)(C)C)c2C#N)c1[N-]S(=O)(=O)c1cccc2cccnc12.[Zn+2]. The first-order chi connectivity index (χ1) is 17.2. The van der Waals surface area contributed by atoms with Crippen LogP contribution in [0.25, 0.3) is 15.6 Å². The number of azo groups is 1. The summed E-state index contributed by atoms with van der Waals surface area (Å²) in [6.07, 6.45) is 1.53. The number of sulfonamides is 1. The van der Waals surface area contributed by atoms with E-state index < -0.39 is 20.9 Å².